The van der Waals surface area contributed by atoms with E-state index in [1.807, 2.05) is 81.4 Å². The highest BCUT2D eigenvalue weighted by molar-refractivity contribution is 6.35. The van der Waals surface area contributed by atoms with Crippen molar-refractivity contribution in [3.8, 4) is 0 Å². The van der Waals surface area contributed by atoms with Crippen molar-refractivity contribution in [2.45, 2.75) is 32.9 Å². The molecule has 0 fully saturated rings. The molecule has 0 saturated carbocycles. The summed E-state index contributed by atoms with van der Waals surface area (Å²) in [7, 11) is 1.66. The molecular formula is C21H26N2O2. The van der Waals surface area contributed by atoms with Gasteiger partial charge in [-0.05, 0) is 24.0 Å². The minimum atomic E-state index is -0.576. The van der Waals surface area contributed by atoms with Crippen molar-refractivity contribution in [3.63, 3.8) is 0 Å². The van der Waals surface area contributed by atoms with E-state index >= 15 is 0 Å². The Kier molecular flexibility index (Phi) is 6.34. The number of hydrogen-bond donors (Lipinski definition) is 1. The lowest BCUT2D eigenvalue weighted by Crippen LogP contribution is -2.44. The van der Waals surface area contributed by atoms with E-state index in [9.17, 15) is 9.59 Å². The Bertz CT molecular complexity index is 698. The first kappa shape index (κ1) is 18.7. The van der Waals surface area contributed by atoms with Crippen LogP contribution in [0.25, 0.3) is 0 Å². The van der Waals surface area contributed by atoms with Gasteiger partial charge in [0, 0.05) is 7.05 Å². The maximum atomic E-state index is 12.6. The van der Waals surface area contributed by atoms with Gasteiger partial charge in [-0.3, -0.25) is 9.59 Å². The fraction of sp³-hybridized carbons (Fsp3) is 0.333. The van der Waals surface area contributed by atoms with Crippen LogP contribution < -0.4 is 5.32 Å². The molecule has 0 unspecified atom stereocenters. The molecule has 2 rings (SSSR count). The molecule has 2 amide bonds. The maximum absolute atomic E-state index is 12.6. The highest BCUT2D eigenvalue weighted by Crippen LogP contribution is 2.22. The van der Waals surface area contributed by atoms with Gasteiger partial charge in [0.1, 0.15) is 0 Å². The van der Waals surface area contributed by atoms with Crippen LogP contribution in [0, 0.1) is 5.92 Å². The molecule has 0 aliphatic rings. The third-order valence-electron chi connectivity index (χ3n) is 4.49. The molecule has 4 nitrogen and oxygen atoms in total. The molecule has 0 aliphatic heterocycles. The van der Waals surface area contributed by atoms with Crippen molar-refractivity contribution in [3.05, 3.63) is 71.8 Å². The van der Waals surface area contributed by atoms with E-state index in [1.54, 1.807) is 7.05 Å². The Morgan fingerprint density at radius 2 is 1.32 bits per heavy atom. The lowest BCUT2D eigenvalue weighted by molar-refractivity contribution is -0.146. The Morgan fingerprint density at radius 1 is 0.840 bits per heavy atom. The first-order valence-corrected chi connectivity index (χ1v) is 8.59. The van der Waals surface area contributed by atoms with Crippen LogP contribution in [0.1, 0.15) is 44.0 Å². The van der Waals surface area contributed by atoms with E-state index in [4.69, 9.17) is 0 Å². The minimum absolute atomic E-state index is 0.173. The Labute approximate surface area is 149 Å². The fourth-order valence-electron chi connectivity index (χ4n) is 2.79. The molecule has 0 radical (unpaired) electrons. The summed E-state index contributed by atoms with van der Waals surface area (Å²) in [6.45, 7) is 5.97. The summed E-state index contributed by atoms with van der Waals surface area (Å²) >= 11 is 0. The predicted molar refractivity (Wildman–Crippen MR) is 99.8 cm³/mol. The summed E-state index contributed by atoms with van der Waals surface area (Å²) < 4.78 is 0. The van der Waals surface area contributed by atoms with Gasteiger partial charge < -0.3 is 10.2 Å². The lowest BCUT2D eigenvalue weighted by atomic mass is 9.96. The third kappa shape index (κ3) is 4.69. The Morgan fingerprint density at radius 3 is 1.80 bits per heavy atom. The van der Waals surface area contributed by atoms with E-state index in [1.165, 1.54) is 4.90 Å². The molecule has 0 spiro atoms. The molecule has 0 aromatic heterocycles. The van der Waals surface area contributed by atoms with Gasteiger partial charge in [-0.1, -0.05) is 74.5 Å². The number of carbonyl (C=O) groups is 2. The topological polar surface area (TPSA) is 49.4 Å². The highest BCUT2D eigenvalue weighted by atomic mass is 16.2. The lowest BCUT2D eigenvalue weighted by Gasteiger charge is -2.27. The van der Waals surface area contributed by atoms with Gasteiger partial charge in [-0.15, -0.1) is 0 Å². The summed E-state index contributed by atoms with van der Waals surface area (Å²) in [6.07, 6.45) is 0. The van der Waals surface area contributed by atoms with Crippen molar-refractivity contribution >= 4 is 11.8 Å². The zero-order valence-electron chi connectivity index (χ0n) is 15.3. The number of carbonyl (C=O) groups excluding carboxylic acids is 2. The van der Waals surface area contributed by atoms with Crippen molar-refractivity contribution in [1.29, 1.82) is 0 Å². The quantitative estimate of drug-likeness (QED) is 0.845. The Hall–Kier alpha value is -2.62. The molecule has 0 saturated heterocycles. The van der Waals surface area contributed by atoms with E-state index in [0.29, 0.717) is 0 Å². The van der Waals surface area contributed by atoms with Gasteiger partial charge >= 0.3 is 11.8 Å². The molecule has 1 N–H and O–H groups in total. The predicted octanol–water partition coefficient (Wildman–Crippen LogP) is 3.72. The van der Waals surface area contributed by atoms with Crippen LogP contribution >= 0.6 is 0 Å². The van der Waals surface area contributed by atoms with Gasteiger partial charge in [0.2, 0.25) is 0 Å². The van der Waals surface area contributed by atoms with Crippen molar-refractivity contribution in [2.75, 3.05) is 7.05 Å². The van der Waals surface area contributed by atoms with Crippen LogP contribution in [0.4, 0.5) is 0 Å². The summed E-state index contributed by atoms with van der Waals surface area (Å²) in [6, 6.07) is 19.0. The van der Waals surface area contributed by atoms with E-state index < -0.39 is 11.8 Å². The fourth-order valence-corrected chi connectivity index (χ4v) is 2.79. The summed E-state index contributed by atoms with van der Waals surface area (Å²) in [5, 5.41) is 2.89. The number of benzene rings is 2. The van der Waals surface area contributed by atoms with Crippen LogP contribution in [0.15, 0.2) is 60.7 Å². The van der Waals surface area contributed by atoms with Crippen LogP contribution in [-0.4, -0.2) is 23.8 Å². The standard InChI is InChI=1S/C21H26N2O2/c1-15(2)19(18-13-9-6-10-14-18)22-20(24)21(25)23(4)16(3)17-11-7-5-8-12-17/h5-16,19H,1-4H3,(H,22,24)/t16-,19-/m0/s1. The molecule has 0 heterocycles. The third-order valence-corrected chi connectivity index (χ3v) is 4.49. The monoisotopic (exact) mass is 338 g/mol. The number of nitrogens with one attached hydrogen (secondary N) is 1. The smallest absolute Gasteiger partial charge is 0.312 e. The molecule has 2 atom stereocenters. The average Bonchev–Trinajstić information content (AvgIpc) is 2.65. The molecule has 4 heteroatoms. The second-order valence-corrected chi connectivity index (χ2v) is 6.61. The van der Waals surface area contributed by atoms with Crippen LogP contribution in [0.3, 0.4) is 0 Å². The molecule has 0 bridgehead atoms. The number of rotatable bonds is 5. The summed E-state index contributed by atoms with van der Waals surface area (Å²) in [5.74, 6) is -0.929. The second kappa shape index (κ2) is 8.47. The average molecular weight is 338 g/mol. The second-order valence-electron chi connectivity index (χ2n) is 6.61. The number of hydrogen-bond acceptors (Lipinski definition) is 2. The van der Waals surface area contributed by atoms with Crippen LogP contribution in [0.2, 0.25) is 0 Å². The van der Waals surface area contributed by atoms with E-state index in [2.05, 4.69) is 5.32 Å². The SMILES string of the molecule is CC(C)[C@H](NC(=O)C(=O)N(C)[C@@H](C)c1ccccc1)c1ccccc1. The zero-order valence-corrected chi connectivity index (χ0v) is 15.3. The molecule has 132 valence electrons. The highest BCUT2D eigenvalue weighted by Gasteiger charge is 2.27. The first-order valence-electron chi connectivity index (χ1n) is 8.59. The van der Waals surface area contributed by atoms with Gasteiger partial charge in [0.05, 0.1) is 12.1 Å². The number of nitrogens with zero attached hydrogens (tertiary/aromatic N) is 1. The molecule has 25 heavy (non-hydrogen) atoms. The van der Waals surface area contributed by atoms with Crippen molar-refractivity contribution in [1.82, 2.24) is 10.2 Å². The first-order chi connectivity index (χ1) is 11.9. The van der Waals surface area contributed by atoms with Gasteiger partial charge in [0.15, 0.2) is 0 Å². The van der Waals surface area contributed by atoms with Gasteiger partial charge in [-0.2, -0.15) is 0 Å². The van der Waals surface area contributed by atoms with Crippen molar-refractivity contribution < 1.29 is 9.59 Å². The maximum Gasteiger partial charge on any atom is 0.312 e. The van der Waals surface area contributed by atoms with Gasteiger partial charge in [0.25, 0.3) is 0 Å². The summed E-state index contributed by atoms with van der Waals surface area (Å²) in [5.41, 5.74) is 1.99. The Balaban J connectivity index is 2.09. The number of likely N-dealkylation sites (N-methyl/N-ethyl adjacent to an activating group) is 1. The molecule has 2 aromatic rings. The van der Waals surface area contributed by atoms with Crippen molar-refractivity contribution in [2.24, 2.45) is 5.92 Å². The minimum Gasteiger partial charge on any atom is -0.341 e. The van der Waals surface area contributed by atoms with Crippen LogP contribution in [0.5, 0.6) is 0 Å². The molecule has 0 aliphatic carbocycles. The summed E-state index contributed by atoms with van der Waals surface area (Å²) in [4.78, 5) is 26.5. The molecular weight excluding hydrogens is 312 g/mol. The normalized spacial score (nSPS) is 13.2. The number of amides is 2. The zero-order chi connectivity index (χ0) is 18.4. The van der Waals surface area contributed by atoms with E-state index in [-0.39, 0.29) is 18.0 Å². The molecule has 2 aromatic carbocycles. The van der Waals surface area contributed by atoms with E-state index in [0.717, 1.165) is 11.1 Å². The van der Waals surface area contributed by atoms with Crippen LogP contribution in [-0.2, 0) is 9.59 Å². The van der Waals surface area contributed by atoms with Gasteiger partial charge in [-0.25, -0.2) is 0 Å². The largest absolute Gasteiger partial charge is 0.341 e.